The Labute approximate surface area is 138 Å². The third kappa shape index (κ3) is 2.65. The summed E-state index contributed by atoms with van der Waals surface area (Å²) in [5.41, 5.74) is 0.812. The summed E-state index contributed by atoms with van der Waals surface area (Å²) in [4.78, 5) is 32.4. The molecule has 0 N–H and O–H groups in total. The average Bonchev–Trinajstić information content (AvgIpc) is 3.27. The van der Waals surface area contributed by atoms with Crippen LogP contribution in [0.5, 0.6) is 0 Å². The predicted molar refractivity (Wildman–Crippen MR) is 80.7 cm³/mol. The lowest BCUT2D eigenvalue weighted by atomic mass is 10.1. The molecule has 2 amide bonds. The molecular weight excluding hydrogens is 312 g/mol. The van der Waals surface area contributed by atoms with Crippen molar-refractivity contribution in [2.75, 3.05) is 19.7 Å². The van der Waals surface area contributed by atoms with Crippen molar-refractivity contribution < 1.29 is 18.8 Å². The van der Waals surface area contributed by atoms with E-state index in [0.29, 0.717) is 19.6 Å². The number of pyridine rings is 1. The van der Waals surface area contributed by atoms with Crippen molar-refractivity contribution in [3.05, 3.63) is 48.1 Å². The minimum absolute atomic E-state index is 0.0261. The van der Waals surface area contributed by atoms with E-state index in [9.17, 15) is 9.59 Å². The predicted octanol–water partition coefficient (Wildman–Crippen LogP) is 0.322. The zero-order valence-electron chi connectivity index (χ0n) is 12.9. The average molecular weight is 328 g/mol. The van der Waals surface area contributed by atoms with Crippen molar-refractivity contribution in [2.45, 2.75) is 18.7 Å². The topological polar surface area (TPSA) is 88.8 Å². The number of amides is 2. The van der Waals surface area contributed by atoms with Gasteiger partial charge in [0, 0.05) is 25.4 Å². The fourth-order valence-corrected chi connectivity index (χ4v) is 3.19. The molecule has 2 unspecified atom stereocenters. The fraction of sp³-hybridized carbons (Fsp3) is 0.375. The number of aromatic nitrogens is 2. The number of likely N-dealkylation sites (tertiary alicyclic amines) is 1. The van der Waals surface area contributed by atoms with Gasteiger partial charge in [-0.25, -0.2) is 0 Å². The van der Waals surface area contributed by atoms with Crippen molar-refractivity contribution in [3.8, 4) is 0 Å². The molecule has 2 atom stereocenters. The molecule has 8 nitrogen and oxygen atoms in total. The SMILES string of the molecule is O=C(c1ccno1)N1CC2OCC(=O)N(Cc3ccccn3)C2C1. The van der Waals surface area contributed by atoms with Gasteiger partial charge in [-0.3, -0.25) is 14.6 Å². The first kappa shape index (κ1) is 14.8. The molecule has 0 bridgehead atoms. The van der Waals surface area contributed by atoms with Gasteiger partial charge in [0.2, 0.25) is 11.7 Å². The van der Waals surface area contributed by atoms with Crippen LogP contribution in [-0.2, 0) is 16.1 Å². The second-order valence-electron chi connectivity index (χ2n) is 5.85. The van der Waals surface area contributed by atoms with Crippen LogP contribution in [-0.4, -0.2) is 63.6 Å². The van der Waals surface area contributed by atoms with E-state index in [2.05, 4.69) is 10.1 Å². The summed E-state index contributed by atoms with van der Waals surface area (Å²) in [6.45, 7) is 1.27. The van der Waals surface area contributed by atoms with Crippen molar-refractivity contribution in [3.63, 3.8) is 0 Å². The molecule has 0 spiro atoms. The second-order valence-corrected chi connectivity index (χ2v) is 5.85. The van der Waals surface area contributed by atoms with Gasteiger partial charge < -0.3 is 19.1 Å². The molecule has 2 fully saturated rings. The molecule has 0 radical (unpaired) electrons. The van der Waals surface area contributed by atoms with Crippen molar-refractivity contribution in [2.24, 2.45) is 0 Å². The van der Waals surface area contributed by atoms with Gasteiger partial charge in [-0.15, -0.1) is 0 Å². The third-order valence-electron chi connectivity index (χ3n) is 4.37. The molecular formula is C16H16N4O4. The van der Waals surface area contributed by atoms with E-state index in [-0.39, 0.29) is 36.3 Å². The van der Waals surface area contributed by atoms with Crippen molar-refractivity contribution >= 4 is 11.8 Å². The van der Waals surface area contributed by atoms with Crippen molar-refractivity contribution in [1.29, 1.82) is 0 Å². The monoisotopic (exact) mass is 328 g/mol. The standard InChI is InChI=1S/C16H16N4O4/c21-15-10-23-14-9-19(16(22)13-4-6-18-24-13)8-12(14)20(15)7-11-3-1-2-5-17-11/h1-6,12,14H,7-10H2. The van der Waals surface area contributed by atoms with E-state index in [1.54, 1.807) is 16.0 Å². The Hall–Kier alpha value is -2.74. The number of rotatable bonds is 3. The van der Waals surface area contributed by atoms with Crippen LogP contribution >= 0.6 is 0 Å². The normalized spacial score (nSPS) is 23.4. The molecule has 0 saturated carbocycles. The van der Waals surface area contributed by atoms with Gasteiger partial charge in [0.1, 0.15) is 6.61 Å². The van der Waals surface area contributed by atoms with E-state index in [1.807, 2.05) is 18.2 Å². The molecule has 2 saturated heterocycles. The Morgan fingerprint density at radius 2 is 2.17 bits per heavy atom. The van der Waals surface area contributed by atoms with Gasteiger partial charge >= 0.3 is 0 Å². The number of fused-ring (bicyclic) bond motifs is 1. The van der Waals surface area contributed by atoms with Crippen molar-refractivity contribution in [1.82, 2.24) is 19.9 Å². The molecule has 2 aliphatic heterocycles. The van der Waals surface area contributed by atoms with Crippen LogP contribution in [0, 0.1) is 0 Å². The number of nitrogens with zero attached hydrogens (tertiary/aromatic N) is 4. The Kier molecular flexibility index (Phi) is 3.73. The number of carbonyl (C=O) groups excluding carboxylic acids is 2. The van der Waals surface area contributed by atoms with Crippen LogP contribution in [0.15, 0.2) is 41.2 Å². The van der Waals surface area contributed by atoms with Gasteiger partial charge in [-0.2, -0.15) is 0 Å². The fourth-order valence-electron chi connectivity index (χ4n) is 3.19. The van der Waals surface area contributed by atoms with Crippen LogP contribution < -0.4 is 0 Å². The van der Waals surface area contributed by atoms with Crippen LogP contribution in [0.25, 0.3) is 0 Å². The van der Waals surface area contributed by atoms with Gasteiger partial charge in [0.15, 0.2) is 0 Å². The van der Waals surface area contributed by atoms with Gasteiger partial charge in [0.05, 0.1) is 30.6 Å². The van der Waals surface area contributed by atoms with Gasteiger partial charge in [-0.05, 0) is 12.1 Å². The van der Waals surface area contributed by atoms with Crippen LogP contribution in [0.3, 0.4) is 0 Å². The molecule has 24 heavy (non-hydrogen) atoms. The molecule has 4 rings (SSSR count). The molecule has 2 aromatic rings. The molecule has 0 aromatic carbocycles. The Morgan fingerprint density at radius 1 is 1.25 bits per heavy atom. The third-order valence-corrected chi connectivity index (χ3v) is 4.37. The van der Waals surface area contributed by atoms with Crippen LogP contribution in [0.1, 0.15) is 16.2 Å². The maximum absolute atomic E-state index is 12.4. The highest BCUT2D eigenvalue weighted by atomic mass is 16.5. The Morgan fingerprint density at radius 3 is 2.92 bits per heavy atom. The lowest BCUT2D eigenvalue weighted by molar-refractivity contribution is -0.154. The van der Waals surface area contributed by atoms with Crippen LogP contribution in [0.4, 0.5) is 0 Å². The van der Waals surface area contributed by atoms with E-state index in [1.165, 1.54) is 12.3 Å². The number of hydrogen-bond acceptors (Lipinski definition) is 6. The molecule has 0 aliphatic carbocycles. The lowest BCUT2D eigenvalue weighted by Gasteiger charge is -2.36. The first-order valence-electron chi connectivity index (χ1n) is 7.73. The lowest BCUT2D eigenvalue weighted by Crippen LogP contribution is -2.53. The van der Waals surface area contributed by atoms with Gasteiger partial charge in [-0.1, -0.05) is 11.2 Å². The van der Waals surface area contributed by atoms with Gasteiger partial charge in [0.25, 0.3) is 5.91 Å². The summed E-state index contributed by atoms with van der Waals surface area (Å²) in [5.74, 6) is -0.136. The van der Waals surface area contributed by atoms with Crippen LogP contribution in [0.2, 0.25) is 0 Å². The summed E-state index contributed by atoms with van der Waals surface area (Å²) in [6, 6.07) is 6.95. The first-order valence-corrected chi connectivity index (χ1v) is 7.73. The number of morpholine rings is 1. The molecule has 124 valence electrons. The Bertz CT molecular complexity index is 734. The maximum atomic E-state index is 12.4. The molecule has 2 aliphatic rings. The minimum atomic E-state index is -0.240. The largest absolute Gasteiger partial charge is 0.364 e. The highest BCUT2D eigenvalue weighted by molar-refractivity contribution is 5.91. The van der Waals surface area contributed by atoms with E-state index >= 15 is 0 Å². The second kappa shape index (κ2) is 6.04. The smallest absolute Gasteiger partial charge is 0.292 e. The summed E-state index contributed by atoms with van der Waals surface area (Å²) in [7, 11) is 0. The van der Waals surface area contributed by atoms with E-state index in [4.69, 9.17) is 9.26 Å². The number of carbonyl (C=O) groups is 2. The summed E-state index contributed by atoms with van der Waals surface area (Å²) in [6.07, 6.45) is 2.94. The molecule has 4 heterocycles. The maximum Gasteiger partial charge on any atom is 0.292 e. The first-order chi connectivity index (χ1) is 11.7. The molecule has 8 heteroatoms. The zero-order valence-corrected chi connectivity index (χ0v) is 12.9. The van der Waals surface area contributed by atoms with E-state index < -0.39 is 0 Å². The summed E-state index contributed by atoms with van der Waals surface area (Å²) < 4.78 is 10.6. The molecule has 2 aromatic heterocycles. The number of hydrogen-bond donors (Lipinski definition) is 0. The highest BCUT2D eigenvalue weighted by Gasteiger charge is 2.45. The minimum Gasteiger partial charge on any atom is -0.364 e. The summed E-state index contributed by atoms with van der Waals surface area (Å²) in [5, 5.41) is 3.56. The van der Waals surface area contributed by atoms with E-state index in [0.717, 1.165) is 5.69 Å². The highest BCUT2D eigenvalue weighted by Crippen LogP contribution is 2.26. The summed E-state index contributed by atoms with van der Waals surface area (Å²) >= 11 is 0. The Balaban J connectivity index is 1.52. The zero-order chi connectivity index (χ0) is 16.5. The number of ether oxygens (including phenoxy) is 1. The quantitative estimate of drug-likeness (QED) is 0.806.